The van der Waals surface area contributed by atoms with Gasteiger partial charge in [0, 0.05) is 18.5 Å². The first-order chi connectivity index (χ1) is 12.0. The second kappa shape index (κ2) is 6.06. The topological polar surface area (TPSA) is 62.2 Å². The number of anilines is 1. The molecule has 1 saturated heterocycles. The molecule has 6 heteroatoms. The number of hydroxylamine groups is 1. The molecule has 2 aliphatic heterocycles. The largest absolute Gasteiger partial charge is 0.478 e. The normalized spacial score (nSPS) is 21.2. The molecular formula is C19H20N2O4. The summed E-state index contributed by atoms with van der Waals surface area (Å²) in [5.74, 6) is 0.420. The molecule has 0 unspecified atom stereocenters. The van der Waals surface area contributed by atoms with Crippen LogP contribution in [0.5, 0.6) is 11.5 Å². The molecule has 2 heterocycles. The first kappa shape index (κ1) is 15.9. The van der Waals surface area contributed by atoms with Crippen molar-refractivity contribution in [1.29, 1.82) is 0 Å². The van der Waals surface area contributed by atoms with Crippen LogP contribution in [0.2, 0.25) is 0 Å². The Morgan fingerprint density at radius 3 is 2.80 bits per heavy atom. The van der Waals surface area contributed by atoms with Crippen molar-refractivity contribution in [1.82, 2.24) is 4.90 Å². The summed E-state index contributed by atoms with van der Waals surface area (Å²) < 4.78 is 6.06. The fourth-order valence-corrected chi connectivity index (χ4v) is 3.49. The summed E-state index contributed by atoms with van der Waals surface area (Å²) >= 11 is 0. The fourth-order valence-electron chi connectivity index (χ4n) is 3.49. The third-order valence-corrected chi connectivity index (χ3v) is 4.54. The summed E-state index contributed by atoms with van der Waals surface area (Å²) in [5, 5.41) is 11.2. The summed E-state index contributed by atoms with van der Waals surface area (Å²) in [6, 6.07) is 12.8. The molecule has 25 heavy (non-hydrogen) atoms. The van der Waals surface area contributed by atoms with Gasteiger partial charge in [-0.15, -0.1) is 0 Å². The molecule has 0 amide bonds. The van der Waals surface area contributed by atoms with E-state index in [1.807, 2.05) is 43.4 Å². The van der Waals surface area contributed by atoms with E-state index >= 15 is 0 Å². The van der Waals surface area contributed by atoms with Gasteiger partial charge in [-0.05, 0) is 38.4 Å². The van der Waals surface area contributed by atoms with Gasteiger partial charge in [-0.1, -0.05) is 18.2 Å². The van der Waals surface area contributed by atoms with Gasteiger partial charge in [0.05, 0.1) is 11.6 Å². The zero-order valence-electron chi connectivity index (χ0n) is 14.2. The molecule has 130 valence electrons. The monoisotopic (exact) mass is 340 g/mol. The lowest BCUT2D eigenvalue weighted by molar-refractivity contribution is 0.0647. The zero-order valence-corrected chi connectivity index (χ0v) is 14.2. The summed E-state index contributed by atoms with van der Waals surface area (Å²) in [4.78, 5) is 19.7. The molecule has 2 aromatic carbocycles. The lowest BCUT2D eigenvalue weighted by atomic mass is 10.0. The van der Waals surface area contributed by atoms with Crippen LogP contribution in [0.3, 0.4) is 0 Å². The highest BCUT2D eigenvalue weighted by molar-refractivity contribution is 5.89. The molecule has 4 rings (SSSR count). The van der Waals surface area contributed by atoms with Crippen LogP contribution >= 0.6 is 0 Å². The van der Waals surface area contributed by atoms with E-state index in [9.17, 15) is 9.90 Å². The Morgan fingerprint density at radius 2 is 2.04 bits per heavy atom. The summed E-state index contributed by atoms with van der Waals surface area (Å²) in [5.41, 5.74) is 1.92. The van der Waals surface area contributed by atoms with Crippen molar-refractivity contribution in [3.63, 3.8) is 0 Å². The minimum absolute atomic E-state index is 0.00792. The Balaban J connectivity index is 1.81. The second-order valence-electron chi connectivity index (χ2n) is 6.69. The number of nitrogens with zero attached hydrogens (tertiary/aromatic N) is 2. The van der Waals surface area contributed by atoms with E-state index in [1.165, 1.54) is 0 Å². The molecule has 0 spiro atoms. The molecule has 2 aliphatic rings. The third kappa shape index (κ3) is 2.83. The number of fused-ring (bicyclic) bond motifs is 5. The predicted octanol–water partition coefficient (Wildman–Crippen LogP) is 3.30. The van der Waals surface area contributed by atoms with Gasteiger partial charge >= 0.3 is 5.97 Å². The molecular weight excluding hydrogens is 320 g/mol. The Labute approximate surface area is 146 Å². The Hall–Kier alpha value is -2.57. The SMILES string of the molecule is CN(C)C[C@@H]1C[C@@H]2c3ccccc3Oc3ccc(C(=O)O)cc3N2O1. The number of hydrogen-bond donors (Lipinski definition) is 1. The van der Waals surface area contributed by atoms with Crippen LogP contribution in [0.1, 0.15) is 28.4 Å². The minimum Gasteiger partial charge on any atom is -0.478 e. The Kier molecular flexibility index (Phi) is 3.86. The van der Waals surface area contributed by atoms with Crippen LogP contribution in [0.15, 0.2) is 42.5 Å². The first-order valence-electron chi connectivity index (χ1n) is 8.28. The zero-order chi connectivity index (χ0) is 17.6. The van der Waals surface area contributed by atoms with Gasteiger partial charge in [0.25, 0.3) is 0 Å². The first-order valence-corrected chi connectivity index (χ1v) is 8.28. The van der Waals surface area contributed by atoms with Crippen LogP contribution in [-0.2, 0) is 4.84 Å². The average molecular weight is 340 g/mol. The van der Waals surface area contributed by atoms with Crippen molar-refractivity contribution >= 4 is 11.7 Å². The lowest BCUT2D eigenvalue weighted by Gasteiger charge is -2.24. The van der Waals surface area contributed by atoms with Crippen LogP contribution in [0.4, 0.5) is 5.69 Å². The number of carbonyl (C=O) groups is 1. The molecule has 0 radical (unpaired) electrons. The van der Waals surface area contributed by atoms with E-state index < -0.39 is 5.97 Å². The van der Waals surface area contributed by atoms with Crippen LogP contribution in [0, 0.1) is 0 Å². The minimum atomic E-state index is -0.967. The van der Waals surface area contributed by atoms with Gasteiger partial charge in [0.2, 0.25) is 0 Å². The van der Waals surface area contributed by atoms with Crippen LogP contribution in [-0.4, -0.2) is 42.7 Å². The van der Waals surface area contributed by atoms with Crippen molar-refractivity contribution in [3.05, 3.63) is 53.6 Å². The van der Waals surface area contributed by atoms with Crippen molar-refractivity contribution in [2.45, 2.75) is 18.6 Å². The molecule has 0 aliphatic carbocycles. The van der Waals surface area contributed by atoms with E-state index in [0.29, 0.717) is 11.4 Å². The van der Waals surface area contributed by atoms with Gasteiger partial charge in [-0.3, -0.25) is 4.84 Å². The summed E-state index contributed by atoms with van der Waals surface area (Å²) in [7, 11) is 4.03. The number of aromatic carboxylic acids is 1. The third-order valence-electron chi connectivity index (χ3n) is 4.54. The number of carboxylic acid groups (broad SMARTS) is 1. The molecule has 2 atom stereocenters. The second-order valence-corrected chi connectivity index (χ2v) is 6.69. The standard InChI is InChI=1S/C19H20N2O4/c1-20(2)11-13-10-15-14-5-3-4-6-17(14)24-18-8-7-12(19(22)23)9-16(18)21(15)25-13/h3-9,13,15H,10-11H2,1-2H3,(H,22,23)/t13-,15+/m0/s1. The molecule has 0 saturated carbocycles. The molecule has 0 bridgehead atoms. The number of rotatable bonds is 3. The lowest BCUT2D eigenvalue weighted by Crippen LogP contribution is -2.27. The molecule has 0 aromatic heterocycles. The van der Waals surface area contributed by atoms with E-state index in [-0.39, 0.29) is 17.7 Å². The number of likely N-dealkylation sites (N-methyl/N-ethyl adjacent to an activating group) is 1. The maximum atomic E-state index is 11.4. The number of benzene rings is 2. The van der Waals surface area contributed by atoms with Gasteiger partial charge in [0.1, 0.15) is 17.5 Å². The summed E-state index contributed by atoms with van der Waals surface area (Å²) in [6.45, 7) is 0.796. The highest BCUT2D eigenvalue weighted by atomic mass is 16.7. The van der Waals surface area contributed by atoms with Crippen LogP contribution < -0.4 is 9.80 Å². The maximum Gasteiger partial charge on any atom is 0.335 e. The number of para-hydroxylation sites is 1. The highest BCUT2D eigenvalue weighted by Crippen LogP contribution is 2.49. The number of carboxylic acids is 1. The maximum absolute atomic E-state index is 11.4. The van der Waals surface area contributed by atoms with Crippen molar-refractivity contribution < 1.29 is 19.5 Å². The smallest absolute Gasteiger partial charge is 0.335 e. The Morgan fingerprint density at radius 1 is 1.24 bits per heavy atom. The van der Waals surface area contributed by atoms with E-state index in [1.54, 1.807) is 18.2 Å². The van der Waals surface area contributed by atoms with Crippen molar-refractivity contribution in [2.24, 2.45) is 0 Å². The van der Waals surface area contributed by atoms with Gasteiger partial charge in [0.15, 0.2) is 5.75 Å². The number of hydrogen-bond acceptors (Lipinski definition) is 5. The molecule has 1 N–H and O–H groups in total. The van der Waals surface area contributed by atoms with Gasteiger partial charge < -0.3 is 14.7 Å². The fraction of sp³-hybridized carbons (Fsp3) is 0.316. The van der Waals surface area contributed by atoms with Gasteiger partial charge in [-0.25, -0.2) is 9.86 Å². The van der Waals surface area contributed by atoms with Gasteiger partial charge in [-0.2, -0.15) is 0 Å². The average Bonchev–Trinajstić information content (AvgIpc) is 2.93. The highest BCUT2D eigenvalue weighted by Gasteiger charge is 2.40. The molecule has 1 fully saturated rings. The van der Waals surface area contributed by atoms with Crippen molar-refractivity contribution in [3.8, 4) is 11.5 Å². The van der Waals surface area contributed by atoms with Crippen molar-refractivity contribution in [2.75, 3.05) is 25.7 Å². The predicted molar refractivity (Wildman–Crippen MR) is 93.2 cm³/mol. The van der Waals surface area contributed by atoms with E-state index in [4.69, 9.17) is 9.57 Å². The number of ether oxygens (including phenoxy) is 1. The summed E-state index contributed by atoms with van der Waals surface area (Å²) in [6.07, 6.45) is 0.849. The Bertz CT molecular complexity index is 821. The quantitative estimate of drug-likeness (QED) is 0.925. The molecule has 6 nitrogen and oxygen atoms in total. The molecule has 2 aromatic rings. The van der Waals surface area contributed by atoms with E-state index in [0.717, 1.165) is 24.3 Å². The van der Waals surface area contributed by atoms with E-state index in [2.05, 4.69) is 4.90 Å². The van der Waals surface area contributed by atoms with Crippen LogP contribution in [0.25, 0.3) is 0 Å².